The largest absolute Gasteiger partial charge is 0.477 e. The molecule has 2 aromatic rings. The molecule has 4 unspecified atom stereocenters. The topological polar surface area (TPSA) is 90.5 Å². The summed E-state index contributed by atoms with van der Waals surface area (Å²) in [7, 11) is 0. The van der Waals surface area contributed by atoms with Crippen molar-refractivity contribution in [2.45, 2.75) is 64.4 Å². The second kappa shape index (κ2) is 9.41. The maximum atomic E-state index is 11.2. The van der Waals surface area contributed by atoms with Gasteiger partial charge in [0.05, 0.1) is 18.9 Å². The number of ether oxygens (including phenoxy) is 2. The van der Waals surface area contributed by atoms with Gasteiger partial charge in [-0.1, -0.05) is 23.4 Å². The third-order valence-electron chi connectivity index (χ3n) is 5.31. The van der Waals surface area contributed by atoms with Crippen molar-refractivity contribution in [3.8, 4) is 0 Å². The van der Waals surface area contributed by atoms with Crippen LogP contribution in [0.3, 0.4) is 0 Å². The van der Waals surface area contributed by atoms with E-state index in [1.165, 1.54) is 6.92 Å². The predicted octanol–water partition coefficient (Wildman–Crippen LogP) is 4.39. The number of furan rings is 1. The number of oxime groups is 1. The van der Waals surface area contributed by atoms with Gasteiger partial charge in [0.25, 0.3) is 5.79 Å². The van der Waals surface area contributed by atoms with Gasteiger partial charge in [-0.3, -0.25) is 0 Å². The lowest BCUT2D eigenvalue weighted by Gasteiger charge is -2.39. The van der Waals surface area contributed by atoms with Crippen LogP contribution in [0.25, 0.3) is 11.0 Å². The predicted molar refractivity (Wildman–Crippen MR) is 109 cm³/mol. The highest BCUT2D eigenvalue weighted by Gasteiger charge is 2.43. The molecule has 0 spiro atoms. The summed E-state index contributed by atoms with van der Waals surface area (Å²) in [4.78, 5) is 16.7. The highest BCUT2D eigenvalue weighted by Crippen LogP contribution is 2.29. The second-order valence-electron chi connectivity index (χ2n) is 7.73. The van der Waals surface area contributed by atoms with Crippen LogP contribution in [0.15, 0.2) is 39.9 Å². The van der Waals surface area contributed by atoms with Gasteiger partial charge < -0.3 is 23.8 Å². The fourth-order valence-corrected chi connectivity index (χ4v) is 3.45. The van der Waals surface area contributed by atoms with Crippen LogP contribution < -0.4 is 0 Å². The van der Waals surface area contributed by atoms with Gasteiger partial charge in [-0.2, -0.15) is 0 Å². The van der Waals surface area contributed by atoms with E-state index in [1.54, 1.807) is 6.21 Å². The molecule has 0 bridgehead atoms. The van der Waals surface area contributed by atoms with Gasteiger partial charge >= 0.3 is 5.97 Å². The summed E-state index contributed by atoms with van der Waals surface area (Å²) < 4.78 is 16.7. The monoisotopic (exact) mass is 403 g/mol. The summed E-state index contributed by atoms with van der Waals surface area (Å²) >= 11 is 0. The summed E-state index contributed by atoms with van der Waals surface area (Å²) in [5.41, 5.74) is 0.874. The Morgan fingerprint density at radius 2 is 2.24 bits per heavy atom. The van der Waals surface area contributed by atoms with E-state index in [0.29, 0.717) is 13.0 Å². The molecule has 1 aliphatic rings. The Morgan fingerprint density at radius 1 is 1.45 bits per heavy atom. The minimum atomic E-state index is -1.54. The normalized spacial score (nSPS) is 26.0. The second-order valence-corrected chi connectivity index (χ2v) is 7.73. The number of carboxylic acids is 1. The molecule has 29 heavy (non-hydrogen) atoms. The molecule has 0 amide bonds. The fraction of sp³-hybridized carbons (Fsp3) is 0.545. The molecule has 2 heterocycles. The van der Waals surface area contributed by atoms with Gasteiger partial charge in [0.2, 0.25) is 0 Å². The lowest BCUT2D eigenvalue weighted by atomic mass is 9.95. The number of carboxylic acid groups (broad SMARTS) is 1. The van der Waals surface area contributed by atoms with Gasteiger partial charge in [0.15, 0.2) is 0 Å². The zero-order chi connectivity index (χ0) is 20.9. The Morgan fingerprint density at radius 3 is 2.97 bits per heavy atom. The van der Waals surface area contributed by atoms with Gasteiger partial charge in [-0.15, -0.1) is 0 Å². The number of nitrogens with zero attached hydrogens (tertiary/aromatic N) is 1. The van der Waals surface area contributed by atoms with Crippen molar-refractivity contribution in [3.63, 3.8) is 0 Å². The quantitative estimate of drug-likeness (QED) is 0.493. The van der Waals surface area contributed by atoms with E-state index >= 15 is 0 Å². The zero-order valence-corrected chi connectivity index (χ0v) is 17.2. The molecule has 4 atom stereocenters. The number of aliphatic carboxylic acids is 1. The Bertz CT molecular complexity index is 814. The van der Waals surface area contributed by atoms with Crippen LogP contribution in [-0.4, -0.2) is 41.9 Å². The summed E-state index contributed by atoms with van der Waals surface area (Å²) in [6.07, 6.45) is 4.78. The van der Waals surface area contributed by atoms with Crippen molar-refractivity contribution < 1.29 is 28.6 Å². The van der Waals surface area contributed by atoms with Crippen LogP contribution in [0.1, 0.15) is 45.8 Å². The minimum Gasteiger partial charge on any atom is -0.477 e. The summed E-state index contributed by atoms with van der Waals surface area (Å²) in [5.74, 6) is -1.61. The van der Waals surface area contributed by atoms with Crippen LogP contribution in [0.2, 0.25) is 0 Å². The van der Waals surface area contributed by atoms with Crippen LogP contribution in [0, 0.1) is 5.92 Å². The first-order valence-corrected chi connectivity index (χ1v) is 10.1. The molecule has 158 valence electrons. The van der Waals surface area contributed by atoms with Crippen molar-refractivity contribution in [3.05, 3.63) is 36.1 Å². The lowest BCUT2D eigenvalue weighted by molar-refractivity contribution is -0.292. The van der Waals surface area contributed by atoms with E-state index in [9.17, 15) is 9.90 Å². The Labute approximate surface area is 170 Å². The van der Waals surface area contributed by atoms with Crippen LogP contribution >= 0.6 is 0 Å². The van der Waals surface area contributed by atoms with Gasteiger partial charge in [0, 0.05) is 24.6 Å². The van der Waals surface area contributed by atoms with E-state index in [2.05, 4.69) is 5.16 Å². The standard InChI is InChI=1S/C22H29NO6/c1-15(7-6-9-18-14-26-22(3,21(24)25)28-16(18)2)29-23-12-11-19-13-17-8-4-5-10-20(17)27-19/h4-5,8,10,12-13,15-16,18H,6-7,9,11,14H2,1-3H3,(H,24,25). The number of fused-ring (bicyclic) bond motifs is 1. The first kappa shape index (κ1) is 21.3. The van der Waals surface area contributed by atoms with E-state index in [4.69, 9.17) is 18.7 Å². The van der Waals surface area contributed by atoms with Crippen molar-refractivity contribution in [2.75, 3.05) is 6.61 Å². The highest BCUT2D eigenvalue weighted by molar-refractivity contribution is 5.78. The molecule has 3 rings (SSSR count). The summed E-state index contributed by atoms with van der Waals surface area (Å²) in [5, 5.41) is 14.3. The average Bonchev–Trinajstić information content (AvgIpc) is 3.10. The summed E-state index contributed by atoms with van der Waals surface area (Å²) in [6.45, 7) is 5.71. The minimum absolute atomic E-state index is 0.00746. The number of hydrogen-bond acceptors (Lipinski definition) is 6. The average molecular weight is 403 g/mol. The molecule has 1 saturated heterocycles. The molecule has 1 N–H and O–H groups in total. The van der Waals surface area contributed by atoms with Crippen molar-refractivity contribution in [2.24, 2.45) is 11.1 Å². The molecule has 1 aromatic heterocycles. The molecule has 1 fully saturated rings. The van der Waals surface area contributed by atoms with Crippen molar-refractivity contribution in [1.29, 1.82) is 0 Å². The fourth-order valence-electron chi connectivity index (χ4n) is 3.45. The maximum Gasteiger partial charge on any atom is 0.364 e. The SMILES string of the molecule is CC(CCCC1COC(C)(C(=O)O)OC1C)ON=CCc1cc2ccccc2o1. The molecule has 0 saturated carbocycles. The van der Waals surface area contributed by atoms with Gasteiger partial charge in [-0.25, -0.2) is 4.79 Å². The number of rotatable bonds is 9. The molecule has 7 heteroatoms. The van der Waals surface area contributed by atoms with Gasteiger partial charge in [0.1, 0.15) is 17.4 Å². The highest BCUT2D eigenvalue weighted by atomic mass is 16.7. The van der Waals surface area contributed by atoms with Crippen molar-refractivity contribution in [1.82, 2.24) is 0 Å². The number of hydrogen-bond donors (Lipinski definition) is 1. The van der Waals surface area contributed by atoms with Gasteiger partial charge in [-0.05, 0) is 45.2 Å². The Kier molecular flexibility index (Phi) is 6.92. The molecule has 1 aliphatic heterocycles. The number of benzene rings is 1. The molecular weight excluding hydrogens is 374 g/mol. The van der Waals surface area contributed by atoms with E-state index < -0.39 is 11.8 Å². The molecule has 0 aliphatic carbocycles. The lowest BCUT2D eigenvalue weighted by Crippen LogP contribution is -2.51. The molecule has 0 radical (unpaired) electrons. The number of para-hydroxylation sites is 1. The Balaban J connectivity index is 1.34. The van der Waals surface area contributed by atoms with Crippen LogP contribution in [0.4, 0.5) is 0 Å². The number of carbonyl (C=O) groups is 1. The summed E-state index contributed by atoms with van der Waals surface area (Å²) in [6, 6.07) is 9.90. The van der Waals surface area contributed by atoms with Crippen LogP contribution in [-0.2, 0) is 25.5 Å². The van der Waals surface area contributed by atoms with Crippen LogP contribution in [0.5, 0.6) is 0 Å². The maximum absolute atomic E-state index is 11.2. The molecule has 7 nitrogen and oxygen atoms in total. The smallest absolute Gasteiger partial charge is 0.364 e. The first-order chi connectivity index (χ1) is 13.9. The first-order valence-electron chi connectivity index (χ1n) is 10.1. The van der Waals surface area contributed by atoms with E-state index in [1.807, 2.05) is 44.2 Å². The van der Waals surface area contributed by atoms with E-state index in [-0.39, 0.29) is 18.1 Å². The molecular formula is C22H29NO6. The zero-order valence-electron chi connectivity index (χ0n) is 17.2. The Hall–Kier alpha value is -2.38. The third kappa shape index (κ3) is 5.58. The molecule has 1 aromatic carbocycles. The van der Waals surface area contributed by atoms with Crippen molar-refractivity contribution >= 4 is 23.2 Å². The van der Waals surface area contributed by atoms with E-state index in [0.717, 1.165) is 36.0 Å². The third-order valence-corrected chi connectivity index (χ3v) is 5.31.